The van der Waals surface area contributed by atoms with E-state index in [2.05, 4.69) is 11.4 Å². The van der Waals surface area contributed by atoms with Crippen LogP contribution in [0.3, 0.4) is 0 Å². The number of nitrogens with zero attached hydrogens (tertiary/aromatic N) is 2. The third-order valence-corrected chi connectivity index (χ3v) is 2.83. The molecule has 0 aliphatic heterocycles. The van der Waals surface area contributed by atoms with Crippen molar-refractivity contribution in [3.05, 3.63) is 35.4 Å². The minimum atomic E-state index is -4.35. The van der Waals surface area contributed by atoms with Gasteiger partial charge in [-0.2, -0.15) is 18.4 Å². The van der Waals surface area contributed by atoms with Crippen LogP contribution >= 0.6 is 0 Å². The molecule has 1 N–H and O–H groups in total. The molecule has 1 atom stereocenters. The van der Waals surface area contributed by atoms with E-state index in [1.807, 2.05) is 19.0 Å². The minimum Gasteiger partial charge on any atom is -0.309 e. The van der Waals surface area contributed by atoms with Gasteiger partial charge in [-0.1, -0.05) is 12.1 Å². The Bertz CT molecular complexity index is 446. The molecule has 0 heterocycles. The van der Waals surface area contributed by atoms with E-state index in [1.165, 1.54) is 12.1 Å². The van der Waals surface area contributed by atoms with E-state index in [9.17, 15) is 13.2 Å². The lowest BCUT2D eigenvalue weighted by atomic mass is 10.1. The van der Waals surface area contributed by atoms with Crippen molar-refractivity contribution in [2.45, 2.75) is 18.6 Å². The van der Waals surface area contributed by atoms with E-state index in [0.29, 0.717) is 12.1 Å². The summed E-state index contributed by atoms with van der Waals surface area (Å²) in [6.45, 7) is 1.52. The molecule has 0 aromatic heterocycles. The molecule has 1 aromatic rings. The predicted octanol–water partition coefficient (Wildman–Crippen LogP) is 2.81. The van der Waals surface area contributed by atoms with Crippen LogP contribution in [0.15, 0.2) is 24.3 Å². The van der Waals surface area contributed by atoms with Crippen molar-refractivity contribution in [1.29, 1.82) is 5.26 Å². The summed E-state index contributed by atoms with van der Waals surface area (Å²) in [7, 11) is 3.91. The van der Waals surface area contributed by atoms with Gasteiger partial charge in [-0.3, -0.25) is 5.32 Å². The molecule has 0 radical (unpaired) electrons. The van der Waals surface area contributed by atoms with Crippen LogP contribution in [-0.4, -0.2) is 32.1 Å². The first-order valence-electron chi connectivity index (χ1n) is 6.29. The zero-order valence-corrected chi connectivity index (χ0v) is 11.5. The highest BCUT2D eigenvalue weighted by atomic mass is 19.4. The Balaban J connectivity index is 2.60. The predicted molar refractivity (Wildman–Crippen MR) is 71.0 cm³/mol. The summed E-state index contributed by atoms with van der Waals surface area (Å²) < 4.78 is 37.3. The Morgan fingerprint density at radius 3 is 2.30 bits per heavy atom. The van der Waals surface area contributed by atoms with Crippen LogP contribution in [0.1, 0.15) is 23.6 Å². The van der Waals surface area contributed by atoms with Gasteiger partial charge in [0.15, 0.2) is 0 Å². The topological polar surface area (TPSA) is 39.1 Å². The van der Waals surface area contributed by atoms with E-state index in [0.717, 1.165) is 25.1 Å². The molecule has 1 aromatic carbocycles. The van der Waals surface area contributed by atoms with Crippen LogP contribution in [-0.2, 0) is 6.18 Å². The number of hydrogen-bond acceptors (Lipinski definition) is 3. The fourth-order valence-electron chi connectivity index (χ4n) is 1.74. The number of benzene rings is 1. The second-order valence-corrected chi connectivity index (χ2v) is 4.79. The monoisotopic (exact) mass is 285 g/mol. The lowest BCUT2D eigenvalue weighted by Gasteiger charge is -2.14. The van der Waals surface area contributed by atoms with Crippen molar-refractivity contribution in [3.8, 4) is 6.07 Å². The zero-order valence-electron chi connectivity index (χ0n) is 11.5. The molecule has 0 aliphatic rings. The van der Waals surface area contributed by atoms with Crippen LogP contribution in [0.25, 0.3) is 0 Å². The lowest BCUT2D eigenvalue weighted by Crippen LogP contribution is -2.24. The molecular formula is C14H18F3N3. The number of hydrogen-bond donors (Lipinski definition) is 1. The van der Waals surface area contributed by atoms with Crippen molar-refractivity contribution in [2.24, 2.45) is 0 Å². The molecule has 0 fully saturated rings. The number of alkyl halides is 3. The summed E-state index contributed by atoms with van der Waals surface area (Å²) in [4.78, 5) is 2.03. The summed E-state index contributed by atoms with van der Waals surface area (Å²) in [6.07, 6.45) is -3.48. The first-order chi connectivity index (χ1) is 9.34. The summed E-state index contributed by atoms with van der Waals surface area (Å²) in [5, 5.41) is 12.1. The molecule has 6 heteroatoms. The van der Waals surface area contributed by atoms with Crippen LogP contribution in [0, 0.1) is 11.3 Å². The van der Waals surface area contributed by atoms with Gasteiger partial charge in [0.05, 0.1) is 11.6 Å². The van der Waals surface area contributed by atoms with E-state index in [1.54, 1.807) is 0 Å². The maximum atomic E-state index is 12.4. The SMILES string of the molecule is CN(C)CCCNC(C#N)c1ccc(C(F)(F)F)cc1. The zero-order chi connectivity index (χ0) is 15.2. The maximum absolute atomic E-state index is 12.4. The van der Waals surface area contributed by atoms with Gasteiger partial charge in [0.1, 0.15) is 6.04 Å². The average Bonchev–Trinajstić information content (AvgIpc) is 2.38. The third kappa shape index (κ3) is 5.19. The molecular weight excluding hydrogens is 267 g/mol. The number of halogens is 3. The number of nitrogens with one attached hydrogen (secondary N) is 1. The highest BCUT2D eigenvalue weighted by Gasteiger charge is 2.30. The quantitative estimate of drug-likeness (QED) is 0.817. The summed E-state index contributed by atoms with van der Waals surface area (Å²) in [5.74, 6) is 0. The Labute approximate surface area is 117 Å². The number of nitriles is 1. The highest BCUT2D eigenvalue weighted by molar-refractivity contribution is 5.29. The minimum absolute atomic E-state index is 0.547. The second-order valence-electron chi connectivity index (χ2n) is 4.79. The molecule has 0 bridgehead atoms. The molecule has 0 saturated carbocycles. The molecule has 0 saturated heterocycles. The molecule has 0 spiro atoms. The second kappa shape index (κ2) is 7.27. The van der Waals surface area contributed by atoms with Crippen molar-refractivity contribution >= 4 is 0 Å². The van der Waals surface area contributed by atoms with Gasteiger partial charge in [-0.15, -0.1) is 0 Å². The fraction of sp³-hybridized carbons (Fsp3) is 0.500. The third-order valence-electron chi connectivity index (χ3n) is 2.83. The Kier molecular flexibility index (Phi) is 5.99. The molecule has 3 nitrogen and oxygen atoms in total. The van der Waals surface area contributed by atoms with Crippen LogP contribution in [0.5, 0.6) is 0 Å². The van der Waals surface area contributed by atoms with Gasteiger partial charge in [-0.25, -0.2) is 0 Å². The summed E-state index contributed by atoms with van der Waals surface area (Å²) >= 11 is 0. The van der Waals surface area contributed by atoms with Crippen LogP contribution in [0.4, 0.5) is 13.2 Å². The van der Waals surface area contributed by atoms with E-state index < -0.39 is 17.8 Å². The van der Waals surface area contributed by atoms with Gasteiger partial charge in [-0.05, 0) is 51.3 Å². The fourth-order valence-corrected chi connectivity index (χ4v) is 1.74. The van der Waals surface area contributed by atoms with Gasteiger partial charge < -0.3 is 4.90 Å². The first kappa shape index (κ1) is 16.5. The van der Waals surface area contributed by atoms with Gasteiger partial charge in [0, 0.05) is 0 Å². The van der Waals surface area contributed by atoms with Crippen molar-refractivity contribution in [2.75, 3.05) is 27.2 Å². The van der Waals surface area contributed by atoms with Gasteiger partial charge in [0.25, 0.3) is 0 Å². The van der Waals surface area contributed by atoms with Crippen molar-refractivity contribution < 1.29 is 13.2 Å². The molecule has 20 heavy (non-hydrogen) atoms. The van der Waals surface area contributed by atoms with Crippen molar-refractivity contribution in [1.82, 2.24) is 10.2 Å². The largest absolute Gasteiger partial charge is 0.416 e. The average molecular weight is 285 g/mol. The standard InChI is InChI=1S/C14H18F3N3/c1-20(2)9-3-8-19-13(10-18)11-4-6-12(7-5-11)14(15,16)17/h4-7,13,19H,3,8-9H2,1-2H3. The molecule has 0 aliphatic carbocycles. The molecule has 0 amide bonds. The smallest absolute Gasteiger partial charge is 0.309 e. The van der Waals surface area contributed by atoms with E-state index in [4.69, 9.17) is 5.26 Å². The number of rotatable bonds is 6. The molecule has 1 unspecified atom stereocenters. The molecule has 1 rings (SSSR count). The normalized spacial score (nSPS) is 13.2. The van der Waals surface area contributed by atoms with Crippen LogP contribution < -0.4 is 5.32 Å². The molecule has 110 valence electrons. The highest BCUT2D eigenvalue weighted by Crippen LogP contribution is 2.29. The summed E-state index contributed by atoms with van der Waals surface area (Å²) in [6, 6.07) is 6.16. The summed E-state index contributed by atoms with van der Waals surface area (Å²) in [5.41, 5.74) is -0.157. The van der Waals surface area contributed by atoms with E-state index >= 15 is 0 Å². The van der Waals surface area contributed by atoms with Gasteiger partial charge in [0.2, 0.25) is 0 Å². The Morgan fingerprint density at radius 2 is 1.85 bits per heavy atom. The van der Waals surface area contributed by atoms with E-state index in [-0.39, 0.29) is 0 Å². The van der Waals surface area contributed by atoms with Gasteiger partial charge >= 0.3 is 6.18 Å². The first-order valence-corrected chi connectivity index (χ1v) is 6.29. The Hall–Kier alpha value is -1.58. The van der Waals surface area contributed by atoms with Crippen molar-refractivity contribution in [3.63, 3.8) is 0 Å². The Morgan fingerprint density at radius 1 is 1.25 bits per heavy atom. The maximum Gasteiger partial charge on any atom is 0.416 e. The van der Waals surface area contributed by atoms with Crippen LogP contribution in [0.2, 0.25) is 0 Å². The lowest BCUT2D eigenvalue weighted by molar-refractivity contribution is -0.137.